The molecule has 0 spiro atoms. The predicted molar refractivity (Wildman–Crippen MR) is 104 cm³/mol. The Morgan fingerprint density at radius 3 is 2.19 bits per heavy atom. The van der Waals surface area contributed by atoms with Gasteiger partial charge in [-0.3, -0.25) is 9.89 Å². The summed E-state index contributed by atoms with van der Waals surface area (Å²) in [5.74, 6) is 1.21. The molecule has 0 saturated carbocycles. The van der Waals surface area contributed by atoms with Crippen LogP contribution in [0.2, 0.25) is 0 Å². The average molecular weight is 347 g/mol. The van der Waals surface area contributed by atoms with E-state index >= 15 is 0 Å². The van der Waals surface area contributed by atoms with Crippen molar-refractivity contribution in [2.45, 2.75) is 38.4 Å². The number of amidine groups is 1. The van der Waals surface area contributed by atoms with Gasteiger partial charge in [0.1, 0.15) is 5.84 Å². The van der Waals surface area contributed by atoms with Crippen LogP contribution in [-0.2, 0) is 6.42 Å². The molecule has 0 unspecified atom stereocenters. The van der Waals surface area contributed by atoms with Gasteiger partial charge in [0.05, 0.1) is 18.1 Å². The second-order valence-corrected chi connectivity index (χ2v) is 7.39. The van der Waals surface area contributed by atoms with E-state index in [0.717, 1.165) is 12.3 Å². The lowest BCUT2D eigenvalue weighted by Gasteiger charge is -2.39. The average Bonchev–Trinajstić information content (AvgIpc) is 2.90. The van der Waals surface area contributed by atoms with Crippen molar-refractivity contribution >= 4 is 11.9 Å². The zero-order valence-electron chi connectivity index (χ0n) is 15.5. The number of rotatable bonds is 3. The molecule has 4 heteroatoms. The van der Waals surface area contributed by atoms with Crippen LogP contribution in [0.25, 0.3) is 0 Å². The summed E-state index contributed by atoms with van der Waals surface area (Å²) in [6, 6.07) is 21.2. The van der Waals surface area contributed by atoms with Crippen molar-refractivity contribution in [3.8, 4) is 0 Å². The van der Waals surface area contributed by atoms with Gasteiger partial charge in [-0.15, -0.1) is 0 Å². The number of hydrogen-bond acceptors (Lipinski definition) is 2. The van der Waals surface area contributed by atoms with Crippen LogP contribution < -0.4 is 0 Å². The molecule has 0 radical (unpaired) electrons. The Morgan fingerprint density at radius 2 is 1.58 bits per heavy atom. The minimum atomic E-state index is 0.0209. The standard InChI is InChI=1S/C22H25N3O/c1-15-19(14-17-10-6-4-7-11-17)23-21(15)25-20(16(2)24(3)22(25)26)18-12-8-5-9-13-18/h4-13,15-16,19-20H,14H2,1-3H3/t15-,16-,19-,20-/m0/s1. The van der Waals surface area contributed by atoms with E-state index in [0.29, 0.717) is 0 Å². The van der Waals surface area contributed by atoms with E-state index in [2.05, 4.69) is 50.2 Å². The van der Waals surface area contributed by atoms with Crippen LogP contribution in [-0.4, -0.2) is 40.8 Å². The smallest absolute Gasteiger partial charge is 0.322 e. The maximum absolute atomic E-state index is 12.9. The molecule has 4 nitrogen and oxygen atoms in total. The van der Waals surface area contributed by atoms with Crippen LogP contribution in [0, 0.1) is 5.92 Å². The first-order valence-electron chi connectivity index (χ1n) is 9.30. The first-order chi connectivity index (χ1) is 12.6. The van der Waals surface area contributed by atoms with E-state index in [4.69, 9.17) is 4.99 Å². The number of aliphatic imine (C=N–C) groups is 1. The van der Waals surface area contributed by atoms with Crippen molar-refractivity contribution in [1.29, 1.82) is 0 Å². The van der Waals surface area contributed by atoms with E-state index in [1.54, 1.807) is 0 Å². The van der Waals surface area contributed by atoms with Gasteiger partial charge in [0.25, 0.3) is 0 Å². The number of hydrogen-bond donors (Lipinski definition) is 0. The maximum Gasteiger partial charge on any atom is 0.326 e. The predicted octanol–water partition coefficient (Wildman–Crippen LogP) is 4.14. The lowest BCUT2D eigenvalue weighted by molar-refractivity contribution is 0.205. The first-order valence-corrected chi connectivity index (χ1v) is 9.30. The summed E-state index contributed by atoms with van der Waals surface area (Å²) >= 11 is 0. The summed E-state index contributed by atoms with van der Waals surface area (Å²) in [4.78, 5) is 21.5. The third kappa shape index (κ3) is 2.70. The zero-order valence-corrected chi connectivity index (χ0v) is 15.5. The van der Waals surface area contributed by atoms with Crippen LogP contribution in [0.15, 0.2) is 65.7 Å². The van der Waals surface area contributed by atoms with Crippen LogP contribution in [0.4, 0.5) is 4.79 Å². The molecule has 1 fully saturated rings. The third-order valence-corrected chi connectivity index (χ3v) is 5.81. The normalized spacial score (nSPS) is 28.1. The van der Waals surface area contributed by atoms with Gasteiger partial charge in [-0.1, -0.05) is 67.6 Å². The topological polar surface area (TPSA) is 35.9 Å². The van der Waals surface area contributed by atoms with Gasteiger partial charge < -0.3 is 4.90 Å². The lowest BCUT2D eigenvalue weighted by Crippen LogP contribution is -2.49. The molecule has 134 valence electrons. The fourth-order valence-corrected chi connectivity index (χ4v) is 4.06. The molecule has 2 aliphatic rings. The molecule has 26 heavy (non-hydrogen) atoms. The first kappa shape index (κ1) is 16.8. The van der Waals surface area contributed by atoms with Gasteiger partial charge in [-0.25, -0.2) is 4.79 Å². The van der Waals surface area contributed by atoms with Crippen LogP contribution in [0.1, 0.15) is 31.0 Å². The highest BCUT2D eigenvalue weighted by Crippen LogP contribution is 2.39. The Balaban J connectivity index is 1.61. The van der Waals surface area contributed by atoms with Gasteiger partial charge in [0.2, 0.25) is 0 Å². The lowest BCUT2D eigenvalue weighted by atomic mass is 9.87. The molecule has 0 aliphatic carbocycles. The summed E-state index contributed by atoms with van der Waals surface area (Å²) < 4.78 is 0. The van der Waals surface area contributed by atoms with Crippen molar-refractivity contribution in [3.63, 3.8) is 0 Å². The van der Waals surface area contributed by atoms with Crippen molar-refractivity contribution < 1.29 is 4.79 Å². The molecular formula is C22H25N3O. The molecule has 0 N–H and O–H groups in total. The van der Waals surface area contributed by atoms with Crippen molar-refractivity contribution in [3.05, 3.63) is 71.8 Å². The molecular weight excluding hydrogens is 322 g/mol. The fraction of sp³-hybridized carbons (Fsp3) is 0.364. The molecule has 4 rings (SSSR count). The largest absolute Gasteiger partial charge is 0.326 e. The molecule has 4 atom stereocenters. The molecule has 2 aromatic rings. The van der Waals surface area contributed by atoms with E-state index < -0.39 is 0 Å². The Morgan fingerprint density at radius 1 is 0.962 bits per heavy atom. The van der Waals surface area contributed by atoms with Gasteiger partial charge in [-0.05, 0) is 24.5 Å². The monoisotopic (exact) mass is 347 g/mol. The van der Waals surface area contributed by atoms with E-state index in [-0.39, 0.29) is 30.1 Å². The van der Waals surface area contributed by atoms with Crippen LogP contribution in [0.5, 0.6) is 0 Å². The molecule has 0 bridgehead atoms. The van der Waals surface area contributed by atoms with Gasteiger partial charge in [0, 0.05) is 13.0 Å². The van der Waals surface area contributed by atoms with Crippen molar-refractivity contribution in [2.24, 2.45) is 10.9 Å². The third-order valence-electron chi connectivity index (χ3n) is 5.81. The molecule has 2 aromatic carbocycles. The summed E-state index contributed by atoms with van der Waals surface area (Å²) in [5, 5.41) is 0. The Bertz CT molecular complexity index is 818. The summed E-state index contributed by atoms with van der Waals surface area (Å²) in [6.07, 6.45) is 0.926. The Kier molecular flexibility index (Phi) is 4.27. The van der Waals surface area contributed by atoms with E-state index in [1.165, 1.54) is 11.1 Å². The van der Waals surface area contributed by atoms with Crippen molar-refractivity contribution in [1.82, 2.24) is 9.80 Å². The summed E-state index contributed by atoms with van der Waals surface area (Å²) in [6.45, 7) is 4.30. The SMILES string of the molecule is C[C@@H]1C(N2C(=O)N(C)[C@@H](C)[C@H]2c2ccccc2)=N[C@H]1Cc1ccccc1. The number of likely N-dealkylation sites (N-methyl/N-ethyl adjacent to an activating group) is 1. The number of carbonyl (C=O) groups is 1. The zero-order chi connectivity index (χ0) is 18.3. The maximum atomic E-state index is 12.9. The molecule has 0 aromatic heterocycles. The minimum Gasteiger partial charge on any atom is -0.322 e. The summed E-state index contributed by atoms with van der Waals surface area (Å²) in [5.41, 5.74) is 2.46. The minimum absolute atomic E-state index is 0.0209. The number of carbonyl (C=O) groups excluding carboxylic acids is 1. The second kappa shape index (κ2) is 6.60. The quantitative estimate of drug-likeness (QED) is 0.822. The highest BCUT2D eigenvalue weighted by molar-refractivity contribution is 6.03. The Hall–Kier alpha value is -2.62. The van der Waals surface area contributed by atoms with Gasteiger partial charge >= 0.3 is 6.03 Å². The summed E-state index contributed by atoms with van der Waals surface area (Å²) in [7, 11) is 1.88. The number of amides is 2. The number of nitrogens with zero attached hydrogens (tertiary/aromatic N) is 3. The van der Waals surface area contributed by atoms with Crippen LogP contribution in [0.3, 0.4) is 0 Å². The van der Waals surface area contributed by atoms with Gasteiger partial charge in [-0.2, -0.15) is 0 Å². The van der Waals surface area contributed by atoms with E-state index in [9.17, 15) is 4.79 Å². The highest BCUT2D eigenvalue weighted by atomic mass is 16.2. The van der Waals surface area contributed by atoms with Gasteiger partial charge in [0.15, 0.2) is 0 Å². The molecule has 2 heterocycles. The van der Waals surface area contributed by atoms with Crippen LogP contribution >= 0.6 is 0 Å². The fourth-order valence-electron chi connectivity index (χ4n) is 4.06. The number of benzene rings is 2. The number of urea groups is 1. The second-order valence-electron chi connectivity index (χ2n) is 7.39. The Labute approximate surface area is 155 Å². The van der Waals surface area contributed by atoms with Crippen molar-refractivity contribution in [2.75, 3.05) is 7.05 Å². The highest BCUT2D eigenvalue weighted by Gasteiger charge is 2.48. The molecule has 1 saturated heterocycles. The molecule has 2 amide bonds. The molecule has 2 aliphatic heterocycles. The van der Waals surface area contributed by atoms with E-state index in [1.807, 2.05) is 41.1 Å².